The number of methoxy groups -OCH3 is 1. The van der Waals surface area contributed by atoms with Crippen LogP contribution in [0.3, 0.4) is 0 Å². The molecule has 1 fully saturated rings. The lowest BCUT2D eigenvalue weighted by Gasteiger charge is -2.35. The van der Waals surface area contributed by atoms with Gasteiger partial charge in [-0.15, -0.1) is 5.10 Å². The summed E-state index contributed by atoms with van der Waals surface area (Å²) in [5, 5.41) is 4.61. The van der Waals surface area contributed by atoms with Crippen molar-refractivity contribution < 1.29 is 4.74 Å². The van der Waals surface area contributed by atoms with E-state index in [1.54, 1.807) is 13.3 Å². The molecule has 4 heterocycles. The number of aromatic nitrogens is 5. The van der Waals surface area contributed by atoms with Gasteiger partial charge in [-0.3, -0.25) is 4.90 Å². The summed E-state index contributed by atoms with van der Waals surface area (Å²) < 4.78 is 6.81. The highest BCUT2D eigenvalue weighted by Gasteiger charge is 2.18. The third kappa shape index (κ3) is 3.00. The molecular formula is C16H19N7O. The van der Waals surface area contributed by atoms with E-state index in [0.29, 0.717) is 6.01 Å². The summed E-state index contributed by atoms with van der Waals surface area (Å²) in [7, 11) is 1.57. The van der Waals surface area contributed by atoms with Gasteiger partial charge in [-0.05, 0) is 12.1 Å². The van der Waals surface area contributed by atoms with Gasteiger partial charge in [-0.1, -0.05) is 0 Å². The van der Waals surface area contributed by atoms with Crippen LogP contribution in [0.25, 0.3) is 5.65 Å². The highest BCUT2D eigenvalue weighted by Crippen LogP contribution is 2.15. The Labute approximate surface area is 139 Å². The summed E-state index contributed by atoms with van der Waals surface area (Å²) in [5.74, 6) is 0.993. The minimum absolute atomic E-state index is 0.407. The number of hydrogen-bond donors (Lipinski definition) is 0. The first kappa shape index (κ1) is 14.8. The molecule has 0 unspecified atom stereocenters. The fourth-order valence-corrected chi connectivity index (χ4v) is 2.90. The molecule has 0 saturated carbocycles. The van der Waals surface area contributed by atoms with Crippen LogP contribution in [-0.4, -0.2) is 62.8 Å². The molecule has 0 N–H and O–H groups in total. The second-order valence-electron chi connectivity index (χ2n) is 5.76. The van der Waals surface area contributed by atoms with E-state index in [1.165, 1.54) is 0 Å². The van der Waals surface area contributed by atoms with Gasteiger partial charge in [0.2, 0.25) is 0 Å². The van der Waals surface area contributed by atoms with Crippen molar-refractivity contribution in [3.63, 3.8) is 0 Å². The summed E-state index contributed by atoms with van der Waals surface area (Å²) in [5.41, 5.74) is 1.97. The van der Waals surface area contributed by atoms with Crippen LogP contribution in [0, 0.1) is 0 Å². The Morgan fingerprint density at radius 1 is 1.04 bits per heavy atom. The van der Waals surface area contributed by atoms with Crippen molar-refractivity contribution in [3.8, 4) is 6.01 Å². The Morgan fingerprint density at radius 2 is 1.83 bits per heavy atom. The molecule has 0 amide bonds. The summed E-state index contributed by atoms with van der Waals surface area (Å²) in [4.78, 5) is 17.3. The first-order chi connectivity index (χ1) is 11.8. The average Bonchev–Trinajstić information content (AvgIpc) is 3.11. The number of ether oxygens (including phenoxy) is 1. The minimum atomic E-state index is 0.407. The molecule has 8 heteroatoms. The zero-order valence-electron chi connectivity index (χ0n) is 13.5. The van der Waals surface area contributed by atoms with Gasteiger partial charge in [0.1, 0.15) is 5.82 Å². The van der Waals surface area contributed by atoms with E-state index in [-0.39, 0.29) is 0 Å². The van der Waals surface area contributed by atoms with Gasteiger partial charge >= 0.3 is 6.01 Å². The Balaban J connectivity index is 1.37. The molecule has 3 aromatic heterocycles. The molecule has 1 aliphatic heterocycles. The highest BCUT2D eigenvalue weighted by atomic mass is 16.5. The molecule has 1 saturated heterocycles. The van der Waals surface area contributed by atoms with Crippen LogP contribution in [0.4, 0.5) is 5.82 Å². The van der Waals surface area contributed by atoms with Crippen LogP contribution in [0.15, 0.2) is 36.9 Å². The van der Waals surface area contributed by atoms with Gasteiger partial charge in [0, 0.05) is 63.1 Å². The number of hydrogen-bond acceptors (Lipinski definition) is 7. The molecule has 1 aliphatic rings. The van der Waals surface area contributed by atoms with Gasteiger partial charge < -0.3 is 9.64 Å². The SMILES string of the molecule is COc1ncc(CN2CCN(c3ccc4nccn4n3)CC2)cn1. The van der Waals surface area contributed by atoms with E-state index < -0.39 is 0 Å². The molecule has 0 radical (unpaired) electrons. The van der Waals surface area contributed by atoms with E-state index in [9.17, 15) is 0 Å². The zero-order valence-corrected chi connectivity index (χ0v) is 13.5. The third-order valence-electron chi connectivity index (χ3n) is 4.21. The van der Waals surface area contributed by atoms with E-state index >= 15 is 0 Å². The molecule has 124 valence electrons. The van der Waals surface area contributed by atoms with Crippen LogP contribution in [0.5, 0.6) is 6.01 Å². The molecule has 3 aromatic rings. The lowest BCUT2D eigenvalue weighted by atomic mass is 10.2. The van der Waals surface area contributed by atoms with Crippen molar-refractivity contribution in [1.29, 1.82) is 0 Å². The number of rotatable bonds is 4. The van der Waals surface area contributed by atoms with Gasteiger partial charge in [0.15, 0.2) is 5.65 Å². The van der Waals surface area contributed by atoms with Crippen LogP contribution in [-0.2, 0) is 6.54 Å². The van der Waals surface area contributed by atoms with Gasteiger partial charge in [0.05, 0.1) is 7.11 Å². The summed E-state index contributed by atoms with van der Waals surface area (Å²) in [6.45, 7) is 4.71. The number of fused-ring (bicyclic) bond motifs is 1. The first-order valence-corrected chi connectivity index (χ1v) is 7.94. The van der Waals surface area contributed by atoms with E-state index in [2.05, 4.69) is 29.9 Å². The van der Waals surface area contributed by atoms with E-state index in [0.717, 1.165) is 49.8 Å². The fraction of sp³-hybridized carbons (Fsp3) is 0.375. The maximum Gasteiger partial charge on any atom is 0.316 e. The van der Waals surface area contributed by atoms with Gasteiger partial charge in [-0.2, -0.15) is 0 Å². The highest BCUT2D eigenvalue weighted by molar-refractivity contribution is 5.46. The number of imidazole rings is 1. The Morgan fingerprint density at radius 3 is 2.58 bits per heavy atom. The predicted molar refractivity (Wildman–Crippen MR) is 89.1 cm³/mol. The molecule has 0 bridgehead atoms. The number of nitrogens with zero attached hydrogens (tertiary/aromatic N) is 7. The van der Waals surface area contributed by atoms with Crippen molar-refractivity contribution in [2.45, 2.75) is 6.54 Å². The van der Waals surface area contributed by atoms with E-state index in [4.69, 9.17) is 4.74 Å². The molecule has 0 spiro atoms. The standard InChI is InChI=1S/C16H19N7O/c1-24-16-18-10-13(11-19-16)12-21-6-8-22(9-7-21)15-3-2-14-17-4-5-23(14)20-15/h2-5,10-11H,6-9,12H2,1H3. The quantitative estimate of drug-likeness (QED) is 0.704. The van der Waals surface area contributed by atoms with E-state index in [1.807, 2.05) is 35.2 Å². The lowest BCUT2D eigenvalue weighted by Crippen LogP contribution is -2.46. The van der Waals surface area contributed by atoms with Gasteiger partial charge in [-0.25, -0.2) is 19.5 Å². The molecule has 4 rings (SSSR count). The topological polar surface area (TPSA) is 71.7 Å². The Kier molecular flexibility index (Phi) is 3.96. The summed E-state index contributed by atoms with van der Waals surface area (Å²) in [6.07, 6.45) is 7.29. The second-order valence-corrected chi connectivity index (χ2v) is 5.76. The smallest absolute Gasteiger partial charge is 0.316 e. The van der Waals surface area contributed by atoms with Crippen molar-refractivity contribution in [3.05, 3.63) is 42.5 Å². The molecule has 0 atom stereocenters. The molecule has 8 nitrogen and oxygen atoms in total. The number of piperazine rings is 1. The fourth-order valence-electron chi connectivity index (χ4n) is 2.90. The van der Waals surface area contributed by atoms with Crippen molar-refractivity contribution in [2.75, 3.05) is 38.2 Å². The normalized spacial score (nSPS) is 15.8. The lowest BCUT2D eigenvalue weighted by molar-refractivity contribution is 0.248. The molecule has 0 aromatic carbocycles. The van der Waals surface area contributed by atoms with Gasteiger partial charge in [0.25, 0.3) is 0 Å². The van der Waals surface area contributed by atoms with Crippen molar-refractivity contribution >= 4 is 11.5 Å². The maximum atomic E-state index is 4.99. The van der Waals surface area contributed by atoms with Crippen LogP contribution in [0.2, 0.25) is 0 Å². The van der Waals surface area contributed by atoms with Crippen molar-refractivity contribution in [2.24, 2.45) is 0 Å². The average molecular weight is 325 g/mol. The molecular weight excluding hydrogens is 306 g/mol. The zero-order chi connectivity index (χ0) is 16.4. The molecule has 24 heavy (non-hydrogen) atoms. The Bertz CT molecular complexity index is 809. The van der Waals surface area contributed by atoms with Crippen molar-refractivity contribution in [1.82, 2.24) is 29.5 Å². The largest absolute Gasteiger partial charge is 0.467 e. The number of anilines is 1. The minimum Gasteiger partial charge on any atom is -0.467 e. The van der Waals surface area contributed by atoms with Crippen LogP contribution in [0.1, 0.15) is 5.56 Å². The summed E-state index contributed by atoms with van der Waals surface area (Å²) >= 11 is 0. The predicted octanol–water partition coefficient (Wildman–Crippen LogP) is 0.850. The molecule has 0 aliphatic carbocycles. The second kappa shape index (κ2) is 6.40. The first-order valence-electron chi connectivity index (χ1n) is 7.94. The summed E-state index contributed by atoms with van der Waals surface area (Å²) in [6, 6.07) is 4.45. The monoisotopic (exact) mass is 325 g/mol. The van der Waals surface area contributed by atoms with Crippen LogP contribution < -0.4 is 9.64 Å². The Hall–Kier alpha value is -2.74. The third-order valence-corrected chi connectivity index (χ3v) is 4.21. The maximum absolute atomic E-state index is 4.99. The van der Waals surface area contributed by atoms with Crippen LogP contribution >= 0.6 is 0 Å².